The number of aryl methyl sites for hydroxylation is 1. The molecule has 1 N–H and O–H groups in total. The number of hydrogen-bond acceptors (Lipinski definition) is 5. The summed E-state index contributed by atoms with van der Waals surface area (Å²) in [5.41, 5.74) is 1.69. The second-order valence-electron chi connectivity index (χ2n) is 5.90. The Kier molecular flexibility index (Phi) is 7.22. The summed E-state index contributed by atoms with van der Waals surface area (Å²) in [6.45, 7) is 4.51. The Hall–Kier alpha value is -1.15. The summed E-state index contributed by atoms with van der Waals surface area (Å²) in [7, 11) is -0.510. The zero-order chi connectivity index (χ0) is 17.2. The van der Waals surface area contributed by atoms with Crippen LogP contribution in [0.1, 0.15) is 34.3 Å². The van der Waals surface area contributed by atoms with Gasteiger partial charge in [0.15, 0.2) is 0 Å². The van der Waals surface area contributed by atoms with Gasteiger partial charge in [-0.3, -0.25) is 0 Å². The number of benzene rings is 1. The number of hydrogen-bond donors (Lipinski definition) is 1. The van der Waals surface area contributed by atoms with Crippen molar-refractivity contribution in [2.45, 2.75) is 37.6 Å². The first-order valence-corrected chi connectivity index (χ1v) is 9.12. The quantitative estimate of drug-likeness (QED) is 0.812. The zero-order valence-electron chi connectivity index (χ0n) is 14.5. The molecule has 136 valence electrons. The number of carbonyl (C=O) groups is 1. The van der Waals surface area contributed by atoms with Crippen LogP contribution in [0.5, 0.6) is 0 Å². The molecular formula is C16H25ClN2O4S. The third kappa shape index (κ3) is 4.08. The van der Waals surface area contributed by atoms with E-state index >= 15 is 0 Å². The fraction of sp³-hybridized carbons (Fsp3) is 0.562. The van der Waals surface area contributed by atoms with Crippen molar-refractivity contribution in [3.05, 3.63) is 28.8 Å². The van der Waals surface area contributed by atoms with E-state index in [0.717, 1.165) is 18.4 Å². The first kappa shape index (κ1) is 20.9. The molecule has 0 radical (unpaired) electrons. The Balaban J connectivity index is 0.00000288. The lowest BCUT2D eigenvalue weighted by atomic mass is 10.1. The smallest absolute Gasteiger partial charge is 0.337 e. The Bertz CT molecular complexity index is 706. The minimum atomic E-state index is -3.64. The largest absolute Gasteiger partial charge is 0.465 e. The van der Waals surface area contributed by atoms with Gasteiger partial charge in [0.1, 0.15) is 0 Å². The first-order valence-electron chi connectivity index (χ1n) is 7.68. The van der Waals surface area contributed by atoms with Crippen molar-refractivity contribution in [2.24, 2.45) is 0 Å². The maximum Gasteiger partial charge on any atom is 0.337 e. The van der Waals surface area contributed by atoms with Crippen molar-refractivity contribution in [3.63, 3.8) is 0 Å². The van der Waals surface area contributed by atoms with Gasteiger partial charge in [0.25, 0.3) is 0 Å². The number of esters is 1. The number of carbonyl (C=O) groups excluding carboxylic acids is 1. The van der Waals surface area contributed by atoms with Gasteiger partial charge in [0.2, 0.25) is 10.0 Å². The molecule has 24 heavy (non-hydrogen) atoms. The van der Waals surface area contributed by atoms with Gasteiger partial charge in [-0.2, -0.15) is 4.31 Å². The van der Waals surface area contributed by atoms with E-state index in [1.165, 1.54) is 17.5 Å². The summed E-state index contributed by atoms with van der Waals surface area (Å²) in [6, 6.07) is 3.24. The minimum absolute atomic E-state index is 0. The van der Waals surface area contributed by atoms with E-state index in [1.54, 1.807) is 19.9 Å². The lowest BCUT2D eigenvalue weighted by molar-refractivity contribution is 0.0600. The minimum Gasteiger partial charge on any atom is -0.465 e. The number of nitrogens with one attached hydrogen (secondary N) is 1. The number of likely N-dealkylation sites (N-methyl/N-ethyl adjacent to an activating group) is 1. The van der Waals surface area contributed by atoms with E-state index in [9.17, 15) is 13.2 Å². The molecule has 1 fully saturated rings. The van der Waals surface area contributed by atoms with Crippen LogP contribution in [0.3, 0.4) is 0 Å². The lowest BCUT2D eigenvalue weighted by Gasteiger charge is -2.32. The number of ether oxygens (including phenoxy) is 1. The van der Waals surface area contributed by atoms with Gasteiger partial charge in [0, 0.05) is 19.1 Å². The highest BCUT2D eigenvalue weighted by Crippen LogP contribution is 2.27. The van der Waals surface area contributed by atoms with Gasteiger partial charge < -0.3 is 10.1 Å². The number of methoxy groups -OCH3 is 1. The lowest BCUT2D eigenvalue weighted by Crippen LogP contribution is -2.47. The Morgan fingerprint density at radius 2 is 2.00 bits per heavy atom. The van der Waals surface area contributed by atoms with Crippen LogP contribution < -0.4 is 5.32 Å². The predicted octanol–water partition coefficient (Wildman–Crippen LogP) is 1.88. The molecule has 1 heterocycles. The average molecular weight is 377 g/mol. The highest BCUT2D eigenvalue weighted by molar-refractivity contribution is 7.89. The topological polar surface area (TPSA) is 75.7 Å². The van der Waals surface area contributed by atoms with Crippen molar-refractivity contribution < 1.29 is 17.9 Å². The normalized spacial score (nSPS) is 18.8. The standard InChI is InChI=1S/C16H24N2O4S.ClH/c1-11-8-13(16(19)22-4)9-15(12(11)2)23(20,21)18-7-5-6-14(10-18)17-3;/h8-9,14,17H,5-7,10H2,1-4H3;1H. The maximum absolute atomic E-state index is 13.0. The molecule has 0 bridgehead atoms. The summed E-state index contributed by atoms with van der Waals surface area (Å²) in [4.78, 5) is 12.0. The van der Waals surface area contributed by atoms with Crippen LogP contribution in [0, 0.1) is 13.8 Å². The molecule has 1 aliphatic heterocycles. The molecule has 1 aromatic carbocycles. The average Bonchev–Trinajstić information content (AvgIpc) is 2.56. The second kappa shape index (κ2) is 8.29. The number of rotatable bonds is 4. The van der Waals surface area contributed by atoms with Gasteiger partial charge in [-0.1, -0.05) is 0 Å². The van der Waals surface area contributed by atoms with Crippen LogP contribution in [-0.2, 0) is 14.8 Å². The van der Waals surface area contributed by atoms with Crippen molar-refractivity contribution in [2.75, 3.05) is 27.2 Å². The van der Waals surface area contributed by atoms with E-state index in [1.807, 2.05) is 7.05 Å². The molecule has 0 saturated carbocycles. The third-order valence-electron chi connectivity index (χ3n) is 4.45. The highest BCUT2D eigenvalue weighted by Gasteiger charge is 2.31. The molecule has 0 aliphatic carbocycles. The second-order valence-corrected chi connectivity index (χ2v) is 7.81. The van der Waals surface area contributed by atoms with Crippen LogP contribution in [0.25, 0.3) is 0 Å². The maximum atomic E-state index is 13.0. The van der Waals surface area contributed by atoms with Gasteiger partial charge >= 0.3 is 5.97 Å². The van der Waals surface area contributed by atoms with Gasteiger partial charge in [0.05, 0.1) is 17.6 Å². The van der Waals surface area contributed by atoms with Crippen LogP contribution in [-0.4, -0.2) is 52.0 Å². The van der Waals surface area contributed by atoms with Crippen molar-refractivity contribution >= 4 is 28.4 Å². The number of sulfonamides is 1. The number of piperidine rings is 1. The molecular weight excluding hydrogens is 352 g/mol. The van der Waals surface area contributed by atoms with Crippen LogP contribution in [0.15, 0.2) is 17.0 Å². The Morgan fingerprint density at radius 1 is 1.33 bits per heavy atom. The van der Waals surface area contributed by atoms with Crippen LogP contribution in [0.4, 0.5) is 0 Å². The molecule has 1 aromatic rings. The van der Waals surface area contributed by atoms with Crippen molar-refractivity contribution in [3.8, 4) is 0 Å². The fourth-order valence-corrected chi connectivity index (χ4v) is 4.71. The van der Waals surface area contributed by atoms with E-state index in [2.05, 4.69) is 5.32 Å². The molecule has 6 nitrogen and oxygen atoms in total. The molecule has 0 aromatic heterocycles. The summed E-state index contributed by atoms with van der Waals surface area (Å²) < 4.78 is 32.3. The van der Waals surface area contributed by atoms with E-state index in [4.69, 9.17) is 4.74 Å². The fourth-order valence-electron chi connectivity index (χ4n) is 2.87. The Labute approximate surface area is 150 Å². The van der Waals surface area contributed by atoms with E-state index in [0.29, 0.717) is 18.7 Å². The molecule has 1 saturated heterocycles. The molecule has 1 aliphatic rings. The SMILES string of the molecule is CNC1CCCN(S(=O)(=O)c2cc(C(=O)OC)cc(C)c2C)C1.Cl. The molecule has 8 heteroatoms. The molecule has 2 rings (SSSR count). The van der Waals surface area contributed by atoms with Crippen LogP contribution >= 0.6 is 12.4 Å². The summed E-state index contributed by atoms with van der Waals surface area (Å²) in [5, 5.41) is 3.14. The van der Waals surface area contributed by atoms with Crippen LogP contribution in [0.2, 0.25) is 0 Å². The highest BCUT2D eigenvalue weighted by atomic mass is 35.5. The Morgan fingerprint density at radius 3 is 2.58 bits per heavy atom. The summed E-state index contributed by atoms with van der Waals surface area (Å²) >= 11 is 0. The summed E-state index contributed by atoms with van der Waals surface area (Å²) in [6.07, 6.45) is 1.78. The predicted molar refractivity (Wildman–Crippen MR) is 95.3 cm³/mol. The molecule has 0 amide bonds. The molecule has 1 unspecified atom stereocenters. The first-order chi connectivity index (χ1) is 10.8. The monoisotopic (exact) mass is 376 g/mol. The zero-order valence-corrected chi connectivity index (χ0v) is 16.1. The van der Waals surface area contributed by atoms with Gasteiger partial charge in [-0.05, 0) is 57.0 Å². The van der Waals surface area contributed by atoms with E-state index in [-0.39, 0.29) is 28.9 Å². The summed E-state index contributed by atoms with van der Waals surface area (Å²) in [5.74, 6) is -0.531. The third-order valence-corrected chi connectivity index (χ3v) is 6.44. The number of nitrogens with zero attached hydrogens (tertiary/aromatic N) is 1. The number of halogens is 1. The van der Waals surface area contributed by atoms with Gasteiger partial charge in [-0.15, -0.1) is 12.4 Å². The van der Waals surface area contributed by atoms with Crippen molar-refractivity contribution in [1.29, 1.82) is 0 Å². The molecule has 1 atom stereocenters. The van der Waals surface area contributed by atoms with Gasteiger partial charge in [-0.25, -0.2) is 13.2 Å². The molecule has 0 spiro atoms. The van der Waals surface area contributed by atoms with E-state index < -0.39 is 16.0 Å². The van der Waals surface area contributed by atoms with Crippen molar-refractivity contribution in [1.82, 2.24) is 9.62 Å².